The van der Waals surface area contributed by atoms with Gasteiger partial charge in [-0.05, 0) is 53.2 Å². The van der Waals surface area contributed by atoms with Gasteiger partial charge in [0.2, 0.25) is 5.91 Å². The predicted octanol–water partition coefficient (Wildman–Crippen LogP) is 3.16. The first kappa shape index (κ1) is 16.8. The van der Waals surface area contributed by atoms with Crippen molar-refractivity contribution in [1.82, 2.24) is 9.80 Å². The third kappa shape index (κ3) is 5.21. The van der Waals surface area contributed by atoms with Gasteiger partial charge in [0.15, 0.2) is 0 Å². The summed E-state index contributed by atoms with van der Waals surface area (Å²) in [7, 11) is 0. The number of rotatable bonds is 7. The van der Waals surface area contributed by atoms with Crippen molar-refractivity contribution in [3.05, 3.63) is 28.7 Å². The normalized spacial score (nSPS) is 18.9. The second-order valence-electron chi connectivity index (χ2n) is 6.51. The number of hydrogen-bond acceptors (Lipinski definition) is 3. The number of piperazine rings is 1. The molecule has 0 radical (unpaired) electrons. The Balaban J connectivity index is 1.31. The molecule has 1 aromatic carbocycles. The van der Waals surface area contributed by atoms with Crippen LogP contribution in [-0.2, 0) is 4.79 Å². The fourth-order valence-electron chi connectivity index (χ4n) is 2.97. The van der Waals surface area contributed by atoms with E-state index in [2.05, 4.69) is 20.8 Å². The fraction of sp³-hybridized carbons (Fsp3) is 0.611. The molecule has 0 unspecified atom stereocenters. The fourth-order valence-corrected chi connectivity index (χ4v) is 3.37. The number of amides is 1. The second kappa shape index (κ2) is 8.15. The Labute approximate surface area is 146 Å². The molecule has 23 heavy (non-hydrogen) atoms. The monoisotopic (exact) mass is 380 g/mol. The second-order valence-corrected chi connectivity index (χ2v) is 7.36. The van der Waals surface area contributed by atoms with E-state index in [1.54, 1.807) is 0 Å². The number of carbonyl (C=O) groups is 1. The van der Waals surface area contributed by atoms with E-state index in [4.69, 9.17) is 4.74 Å². The topological polar surface area (TPSA) is 32.8 Å². The van der Waals surface area contributed by atoms with Crippen molar-refractivity contribution in [3.63, 3.8) is 0 Å². The summed E-state index contributed by atoms with van der Waals surface area (Å²) in [5, 5.41) is 0. The van der Waals surface area contributed by atoms with Gasteiger partial charge in [-0.15, -0.1) is 0 Å². The predicted molar refractivity (Wildman–Crippen MR) is 94.6 cm³/mol. The van der Waals surface area contributed by atoms with Crippen LogP contribution in [0.25, 0.3) is 0 Å². The summed E-state index contributed by atoms with van der Waals surface area (Å²) in [6.07, 6.45) is 4.14. The van der Waals surface area contributed by atoms with Crippen LogP contribution < -0.4 is 4.74 Å². The molecule has 0 atom stereocenters. The average molecular weight is 381 g/mol. The minimum absolute atomic E-state index is 0.270. The molecule has 2 aliphatic rings. The van der Waals surface area contributed by atoms with Crippen LogP contribution in [0.1, 0.15) is 25.7 Å². The maximum absolute atomic E-state index is 12.3. The Hall–Kier alpha value is -1.07. The molecule has 1 saturated carbocycles. The van der Waals surface area contributed by atoms with E-state index in [0.29, 0.717) is 13.0 Å². The number of para-hydroxylation sites is 1. The van der Waals surface area contributed by atoms with Gasteiger partial charge in [0.1, 0.15) is 5.75 Å². The summed E-state index contributed by atoms with van der Waals surface area (Å²) >= 11 is 3.46. The first-order valence-corrected chi connectivity index (χ1v) is 9.39. The summed E-state index contributed by atoms with van der Waals surface area (Å²) in [4.78, 5) is 16.8. The summed E-state index contributed by atoms with van der Waals surface area (Å²) in [6.45, 7) is 5.66. The van der Waals surface area contributed by atoms with Crippen LogP contribution in [0, 0.1) is 5.92 Å². The molecule has 2 fully saturated rings. The van der Waals surface area contributed by atoms with Crippen LogP contribution in [-0.4, -0.2) is 55.0 Å². The van der Waals surface area contributed by atoms with Crippen LogP contribution in [0.2, 0.25) is 0 Å². The summed E-state index contributed by atoms with van der Waals surface area (Å²) in [5.74, 6) is 2.05. The standard InChI is InChI=1S/C18H25BrN2O2/c19-16-4-1-2-5-17(16)23-13-3-6-18(22)21-11-9-20(10-12-21)14-15-7-8-15/h1-2,4-5,15H,3,6-14H2. The third-order valence-corrected chi connectivity index (χ3v) is 5.22. The van der Waals surface area contributed by atoms with Crippen molar-refractivity contribution in [2.75, 3.05) is 39.3 Å². The average Bonchev–Trinajstić information content (AvgIpc) is 3.37. The van der Waals surface area contributed by atoms with Gasteiger partial charge >= 0.3 is 0 Å². The Morgan fingerprint density at radius 1 is 1.17 bits per heavy atom. The van der Waals surface area contributed by atoms with Crippen LogP contribution in [0.3, 0.4) is 0 Å². The smallest absolute Gasteiger partial charge is 0.222 e. The number of ether oxygens (including phenoxy) is 1. The van der Waals surface area contributed by atoms with Crippen LogP contribution in [0.5, 0.6) is 5.75 Å². The van der Waals surface area contributed by atoms with E-state index in [9.17, 15) is 4.79 Å². The van der Waals surface area contributed by atoms with Gasteiger partial charge in [0, 0.05) is 39.1 Å². The van der Waals surface area contributed by atoms with Crippen LogP contribution in [0.4, 0.5) is 0 Å². The molecule has 1 saturated heterocycles. The molecule has 126 valence electrons. The highest BCUT2D eigenvalue weighted by Gasteiger charge is 2.27. The maximum atomic E-state index is 12.3. The van der Waals surface area contributed by atoms with E-state index in [-0.39, 0.29) is 5.91 Å². The van der Waals surface area contributed by atoms with Crippen LogP contribution >= 0.6 is 15.9 Å². The molecular weight excluding hydrogens is 356 g/mol. The number of nitrogens with zero attached hydrogens (tertiary/aromatic N) is 2. The number of benzene rings is 1. The number of hydrogen-bond donors (Lipinski definition) is 0. The molecule has 0 bridgehead atoms. The largest absolute Gasteiger partial charge is 0.492 e. The van der Waals surface area contributed by atoms with E-state index in [1.807, 2.05) is 29.2 Å². The molecule has 1 aliphatic carbocycles. The SMILES string of the molecule is O=C(CCCOc1ccccc1Br)N1CCN(CC2CC2)CC1. The number of carbonyl (C=O) groups excluding carboxylic acids is 1. The van der Waals surface area contributed by atoms with Gasteiger partial charge in [0.25, 0.3) is 0 Å². The van der Waals surface area contributed by atoms with E-state index in [0.717, 1.165) is 48.7 Å². The highest BCUT2D eigenvalue weighted by molar-refractivity contribution is 9.10. The van der Waals surface area contributed by atoms with Crippen molar-refractivity contribution >= 4 is 21.8 Å². The Kier molecular flexibility index (Phi) is 5.95. The zero-order valence-corrected chi connectivity index (χ0v) is 15.1. The Bertz CT molecular complexity index is 526. The zero-order valence-electron chi connectivity index (χ0n) is 13.5. The minimum atomic E-state index is 0.270. The summed E-state index contributed by atoms with van der Waals surface area (Å²) < 4.78 is 6.67. The minimum Gasteiger partial charge on any atom is -0.492 e. The van der Waals surface area contributed by atoms with E-state index in [1.165, 1.54) is 19.4 Å². The first-order valence-electron chi connectivity index (χ1n) is 8.60. The number of halogens is 1. The molecule has 1 heterocycles. The van der Waals surface area contributed by atoms with Gasteiger partial charge < -0.3 is 9.64 Å². The highest BCUT2D eigenvalue weighted by Crippen LogP contribution is 2.30. The van der Waals surface area contributed by atoms with Gasteiger partial charge in [-0.25, -0.2) is 0 Å². The van der Waals surface area contributed by atoms with Gasteiger partial charge in [-0.2, -0.15) is 0 Å². The highest BCUT2D eigenvalue weighted by atomic mass is 79.9. The van der Waals surface area contributed by atoms with Gasteiger partial charge in [0.05, 0.1) is 11.1 Å². The van der Waals surface area contributed by atoms with Crippen molar-refractivity contribution in [1.29, 1.82) is 0 Å². The molecule has 0 aromatic heterocycles. The van der Waals surface area contributed by atoms with Crippen molar-refractivity contribution in [2.45, 2.75) is 25.7 Å². The summed E-state index contributed by atoms with van der Waals surface area (Å²) in [5.41, 5.74) is 0. The quantitative estimate of drug-likeness (QED) is 0.681. The lowest BCUT2D eigenvalue weighted by atomic mass is 10.2. The van der Waals surface area contributed by atoms with Gasteiger partial charge in [-0.1, -0.05) is 12.1 Å². The third-order valence-electron chi connectivity index (χ3n) is 4.57. The molecule has 0 spiro atoms. The van der Waals surface area contributed by atoms with Crippen molar-refractivity contribution < 1.29 is 9.53 Å². The van der Waals surface area contributed by atoms with E-state index >= 15 is 0 Å². The molecule has 5 heteroatoms. The zero-order chi connectivity index (χ0) is 16.1. The molecule has 0 N–H and O–H groups in total. The maximum Gasteiger partial charge on any atom is 0.222 e. The molecule has 4 nitrogen and oxygen atoms in total. The molecule has 3 rings (SSSR count). The van der Waals surface area contributed by atoms with Crippen molar-refractivity contribution in [3.8, 4) is 5.75 Å². The lowest BCUT2D eigenvalue weighted by Crippen LogP contribution is -2.49. The Morgan fingerprint density at radius 2 is 1.91 bits per heavy atom. The molecule has 1 amide bonds. The van der Waals surface area contributed by atoms with Crippen LogP contribution in [0.15, 0.2) is 28.7 Å². The summed E-state index contributed by atoms with van der Waals surface area (Å²) in [6, 6.07) is 7.81. The Morgan fingerprint density at radius 3 is 2.61 bits per heavy atom. The lowest BCUT2D eigenvalue weighted by molar-refractivity contribution is -0.133. The van der Waals surface area contributed by atoms with E-state index < -0.39 is 0 Å². The van der Waals surface area contributed by atoms with Gasteiger partial charge in [-0.3, -0.25) is 9.69 Å². The van der Waals surface area contributed by atoms with Crippen molar-refractivity contribution in [2.24, 2.45) is 5.92 Å². The lowest BCUT2D eigenvalue weighted by Gasteiger charge is -2.34. The molecule has 1 aromatic rings. The molecule has 1 aliphatic heterocycles. The molecular formula is C18H25BrN2O2. The first-order chi connectivity index (χ1) is 11.2.